The summed E-state index contributed by atoms with van der Waals surface area (Å²) < 4.78 is 10.6. The minimum Gasteiger partial charge on any atom is -0.493 e. The number of amides is 4. The molecule has 3 aliphatic rings. The molecular weight excluding hydrogens is 476 g/mol. The Morgan fingerprint density at radius 1 is 1.08 bits per heavy atom. The normalized spacial score (nSPS) is 25.9. The number of nitrogens with one attached hydrogen (secondary N) is 2. The molecule has 2 fully saturated rings. The van der Waals surface area contributed by atoms with Gasteiger partial charge in [-0.05, 0) is 36.1 Å². The molecule has 1 spiro atoms. The van der Waals surface area contributed by atoms with Gasteiger partial charge in [0.2, 0.25) is 23.6 Å². The number of aryl methyl sites for hydroxylation is 1. The van der Waals surface area contributed by atoms with Gasteiger partial charge in [0.25, 0.3) is 0 Å². The van der Waals surface area contributed by atoms with Crippen LogP contribution < -0.4 is 25.8 Å². The summed E-state index contributed by atoms with van der Waals surface area (Å²) in [4.78, 5) is 54.2. The molecule has 37 heavy (non-hydrogen) atoms. The van der Waals surface area contributed by atoms with E-state index in [1.54, 1.807) is 25.3 Å². The first-order chi connectivity index (χ1) is 17.8. The van der Waals surface area contributed by atoms with E-state index in [2.05, 4.69) is 10.6 Å². The Hall–Kier alpha value is -3.92. The molecule has 10 nitrogen and oxygen atoms in total. The molecule has 0 aromatic heterocycles. The fraction of sp³-hybridized carbons (Fsp3) is 0.407. The fourth-order valence-electron chi connectivity index (χ4n) is 6.13. The van der Waals surface area contributed by atoms with Crippen molar-refractivity contribution in [2.45, 2.75) is 37.8 Å². The van der Waals surface area contributed by atoms with E-state index in [0.29, 0.717) is 35.6 Å². The number of methoxy groups -OCH3 is 2. The van der Waals surface area contributed by atoms with Crippen LogP contribution in [0, 0.1) is 11.8 Å². The fourth-order valence-corrected chi connectivity index (χ4v) is 6.13. The first kappa shape index (κ1) is 24.8. The molecule has 2 aromatic carbocycles. The highest BCUT2D eigenvalue weighted by atomic mass is 16.5. The van der Waals surface area contributed by atoms with Gasteiger partial charge in [-0.25, -0.2) is 0 Å². The summed E-state index contributed by atoms with van der Waals surface area (Å²) in [5.41, 5.74) is 7.13. The molecule has 2 aromatic rings. The maximum atomic E-state index is 13.9. The van der Waals surface area contributed by atoms with E-state index in [1.165, 1.54) is 12.0 Å². The first-order valence-corrected chi connectivity index (χ1v) is 12.3. The van der Waals surface area contributed by atoms with Crippen molar-refractivity contribution in [2.75, 3.05) is 26.1 Å². The van der Waals surface area contributed by atoms with E-state index < -0.39 is 47.0 Å². The van der Waals surface area contributed by atoms with Gasteiger partial charge in [-0.2, -0.15) is 0 Å². The van der Waals surface area contributed by atoms with Crippen LogP contribution in [0.1, 0.15) is 30.0 Å². The monoisotopic (exact) mass is 506 g/mol. The third kappa shape index (κ3) is 3.66. The SMILES string of the molecule is CCc1cccc2c1NC(=O)[C@]21N[C@H](CC(N)=O)[C@H]2C(=O)N(CCc3ccc(OC)c(OC)c3)C(=O)[C@@H]21. The summed E-state index contributed by atoms with van der Waals surface area (Å²) in [7, 11) is 3.08. The number of hydrogen-bond acceptors (Lipinski definition) is 7. The van der Waals surface area contributed by atoms with E-state index in [0.717, 1.165) is 11.1 Å². The van der Waals surface area contributed by atoms with Gasteiger partial charge in [-0.1, -0.05) is 31.2 Å². The highest BCUT2D eigenvalue weighted by Gasteiger charge is 2.70. The largest absolute Gasteiger partial charge is 0.493 e. The average Bonchev–Trinajstić information content (AvgIpc) is 3.46. The van der Waals surface area contributed by atoms with E-state index in [9.17, 15) is 19.2 Å². The zero-order valence-electron chi connectivity index (χ0n) is 21.0. The number of hydrogen-bond donors (Lipinski definition) is 3. The predicted molar refractivity (Wildman–Crippen MR) is 134 cm³/mol. The molecule has 3 aliphatic heterocycles. The van der Waals surface area contributed by atoms with Crippen molar-refractivity contribution >= 4 is 29.3 Å². The molecule has 0 saturated carbocycles. The lowest BCUT2D eigenvalue weighted by Gasteiger charge is -2.29. The number of imide groups is 1. The summed E-state index contributed by atoms with van der Waals surface area (Å²) >= 11 is 0. The quantitative estimate of drug-likeness (QED) is 0.456. The summed E-state index contributed by atoms with van der Waals surface area (Å²) in [6.45, 7) is 2.11. The van der Waals surface area contributed by atoms with Crippen LogP contribution in [0.4, 0.5) is 5.69 Å². The van der Waals surface area contributed by atoms with Crippen LogP contribution in [0.5, 0.6) is 11.5 Å². The van der Waals surface area contributed by atoms with E-state index in [4.69, 9.17) is 15.2 Å². The van der Waals surface area contributed by atoms with Gasteiger partial charge in [0.05, 0.1) is 26.1 Å². The molecular formula is C27H30N4O6. The third-order valence-electron chi connectivity index (χ3n) is 7.80. The summed E-state index contributed by atoms with van der Waals surface area (Å²) in [5.74, 6) is -2.58. The zero-order valence-corrected chi connectivity index (χ0v) is 21.0. The molecule has 4 amide bonds. The topological polar surface area (TPSA) is 140 Å². The van der Waals surface area contributed by atoms with Crippen LogP contribution in [-0.4, -0.2) is 55.3 Å². The molecule has 194 valence electrons. The van der Waals surface area contributed by atoms with Crippen LogP contribution in [-0.2, 0) is 37.6 Å². The van der Waals surface area contributed by atoms with E-state index >= 15 is 0 Å². The second-order valence-electron chi connectivity index (χ2n) is 9.65. The Bertz CT molecular complexity index is 1310. The summed E-state index contributed by atoms with van der Waals surface area (Å²) in [6, 6.07) is 10.2. The number of carbonyl (C=O) groups is 4. The smallest absolute Gasteiger partial charge is 0.250 e. The number of nitrogens with zero attached hydrogens (tertiary/aromatic N) is 1. The lowest BCUT2D eigenvalue weighted by molar-refractivity contribution is -0.142. The Morgan fingerprint density at radius 3 is 2.51 bits per heavy atom. The van der Waals surface area contributed by atoms with Crippen LogP contribution in [0.2, 0.25) is 0 Å². The molecule has 2 saturated heterocycles. The van der Waals surface area contributed by atoms with Crippen molar-refractivity contribution in [2.24, 2.45) is 17.6 Å². The molecule has 0 radical (unpaired) electrons. The van der Waals surface area contributed by atoms with Crippen molar-refractivity contribution < 1.29 is 28.7 Å². The molecule has 0 aliphatic carbocycles. The Kier molecular flexibility index (Phi) is 6.15. The van der Waals surface area contributed by atoms with Crippen LogP contribution in [0.3, 0.4) is 0 Å². The number of benzene rings is 2. The highest BCUT2D eigenvalue weighted by molar-refractivity contribution is 6.15. The second-order valence-corrected chi connectivity index (χ2v) is 9.65. The van der Waals surface area contributed by atoms with Crippen molar-refractivity contribution in [1.82, 2.24) is 10.2 Å². The number of rotatable bonds is 8. The summed E-state index contributed by atoms with van der Waals surface area (Å²) in [5, 5.41) is 6.17. The average molecular weight is 507 g/mol. The summed E-state index contributed by atoms with van der Waals surface area (Å²) in [6.07, 6.45) is 0.908. The maximum absolute atomic E-state index is 13.9. The van der Waals surface area contributed by atoms with Gasteiger partial charge in [-0.15, -0.1) is 0 Å². The van der Waals surface area contributed by atoms with Gasteiger partial charge in [0, 0.05) is 30.3 Å². The Balaban J connectivity index is 1.50. The number of anilines is 1. The van der Waals surface area contributed by atoms with Crippen LogP contribution >= 0.6 is 0 Å². The number of fused-ring (bicyclic) bond motifs is 4. The molecule has 0 unspecified atom stereocenters. The Labute approximate surface area is 214 Å². The van der Waals surface area contributed by atoms with Gasteiger partial charge < -0.3 is 20.5 Å². The minimum atomic E-state index is -1.45. The highest BCUT2D eigenvalue weighted by Crippen LogP contribution is 2.54. The lowest BCUT2D eigenvalue weighted by atomic mass is 9.76. The predicted octanol–water partition coefficient (Wildman–Crippen LogP) is 1.10. The van der Waals surface area contributed by atoms with E-state index in [-0.39, 0.29) is 13.0 Å². The van der Waals surface area contributed by atoms with Gasteiger partial charge in [0.1, 0.15) is 5.54 Å². The maximum Gasteiger partial charge on any atom is 0.250 e. The molecule has 3 heterocycles. The zero-order chi connectivity index (χ0) is 26.5. The van der Waals surface area contributed by atoms with Crippen LogP contribution in [0.15, 0.2) is 36.4 Å². The lowest BCUT2D eigenvalue weighted by Crippen LogP contribution is -2.53. The molecule has 4 atom stereocenters. The first-order valence-electron chi connectivity index (χ1n) is 12.3. The minimum absolute atomic E-state index is 0.128. The number of primary amides is 1. The van der Waals surface area contributed by atoms with Gasteiger partial charge >= 0.3 is 0 Å². The number of likely N-dealkylation sites (tertiary alicyclic amines) is 1. The molecule has 4 N–H and O–H groups in total. The standard InChI is InChI=1S/C27H30N4O6/c1-4-15-6-5-7-16-23(15)29-26(35)27(16)22-21(17(30-27)13-20(28)32)24(33)31(25(22)34)11-10-14-8-9-18(36-2)19(12-14)37-3/h5-9,12,17,21-22,30H,4,10-11,13H2,1-3H3,(H2,28,32)(H,29,35)/t17-,21-,22-,27+/m1/s1. The van der Waals surface area contributed by atoms with Crippen molar-refractivity contribution in [3.05, 3.63) is 53.1 Å². The Morgan fingerprint density at radius 2 is 1.84 bits per heavy atom. The number of para-hydroxylation sites is 1. The van der Waals surface area contributed by atoms with Gasteiger partial charge in [0.15, 0.2) is 11.5 Å². The molecule has 5 rings (SSSR count). The van der Waals surface area contributed by atoms with Crippen molar-refractivity contribution in [3.63, 3.8) is 0 Å². The number of ether oxygens (including phenoxy) is 2. The third-order valence-corrected chi connectivity index (χ3v) is 7.80. The van der Waals surface area contributed by atoms with E-state index in [1.807, 2.05) is 25.1 Å². The molecule has 10 heteroatoms. The number of nitrogens with two attached hydrogens (primary N) is 1. The number of carbonyl (C=O) groups excluding carboxylic acids is 4. The van der Waals surface area contributed by atoms with Gasteiger partial charge in [-0.3, -0.25) is 29.4 Å². The van der Waals surface area contributed by atoms with Crippen molar-refractivity contribution in [1.29, 1.82) is 0 Å². The second kappa shape index (κ2) is 9.19. The molecule has 0 bridgehead atoms. The van der Waals surface area contributed by atoms with Crippen LogP contribution in [0.25, 0.3) is 0 Å². The van der Waals surface area contributed by atoms with Crippen molar-refractivity contribution in [3.8, 4) is 11.5 Å².